The van der Waals surface area contributed by atoms with E-state index in [1.165, 1.54) is 16.2 Å². The lowest BCUT2D eigenvalue weighted by Gasteiger charge is -2.37. The highest BCUT2D eigenvalue weighted by Gasteiger charge is 2.40. The number of rotatable bonds is 2. The molecule has 1 saturated heterocycles. The molecule has 1 aromatic rings. The summed E-state index contributed by atoms with van der Waals surface area (Å²) >= 11 is 1.30. The van der Waals surface area contributed by atoms with Crippen LogP contribution in [0.5, 0.6) is 0 Å². The smallest absolute Gasteiger partial charge is 0.410 e. The van der Waals surface area contributed by atoms with E-state index >= 15 is 0 Å². The van der Waals surface area contributed by atoms with Crippen LogP contribution in [0.1, 0.15) is 44.6 Å². The molecule has 1 fully saturated rings. The fourth-order valence-electron chi connectivity index (χ4n) is 2.34. The standard InChI is InChI=1S/C15H20N2O4S/c1-9-5-12(18)10(13(19)11-7-22-8-16-11)6-17(9)14(20)21-15(2,3)4/h7-10H,5-6H2,1-4H3. The molecule has 2 atom stereocenters. The molecule has 1 aliphatic rings. The van der Waals surface area contributed by atoms with Gasteiger partial charge in [-0.05, 0) is 27.7 Å². The topological polar surface area (TPSA) is 76.6 Å². The van der Waals surface area contributed by atoms with Gasteiger partial charge >= 0.3 is 6.09 Å². The lowest BCUT2D eigenvalue weighted by molar-refractivity contribution is -0.125. The molecule has 0 aromatic carbocycles. The number of ketones is 2. The normalized spacial score (nSPS) is 22.5. The van der Waals surface area contributed by atoms with Crippen molar-refractivity contribution in [3.05, 3.63) is 16.6 Å². The molecule has 1 amide bonds. The number of hydrogen-bond donors (Lipinski definition) is 0. The molecule has 0 bridgehead atoms. The lowest BCUT2D eigenvalue weighted by Crippen LogP contribution is -2.52. The second kappa shape index (κ2) is 6.16. The second-order valence-electron chi connectivity index (χ2n) is 6.44. The quantitative estimate of drug-likeness (QED) is 0.617. The average Bonchev–Trinajstić information content (AvgIpc) is 2.89. The van der Waals surface area contributed by atoms with Gasteiger partial charge in [0.25, 0.3) is 0 Å². The predicted molar refractivity (Wildman–Crippen MR) is 82.0 cm³/mol. The number of amides is 1. The summed E-state index contributed by atoms with van der Waals surface area (Å²) in [7, 11) is 0. The molecule has 7 heteroatoms. The van der Waals surface area contributed by atoms with Crippen molar-refractivity contribution in [2.24, 2.45) is 5.92 Å². The van der Waals surface area contributed by atoms with E-state index in [1.807, 2.05) is 0 Å². The summed E-state index contributed by atoms with van der Waals surface area (Å²) in [6.07, 6.45) is -0.344. The summed E-state index contributed by atoms with van der Waals surface area (Å²) in [5, 5.41) is 1.62. The highest BCUT2D eigenvalue weighted by Crippen LogP contribution is 2.24. The number of likely N-dealkylation sites (tertiary alicyclic amines) is 1. The van der Waals surface area contributed by atoms with E-state index in [1.54, 1.807) is 38.6 Å². The van der Waals surface area contributed by atoms with Crippen LogP contribution in [0.25, 0.3) is 0 Å². The van der Waals surface area contributed by atoms with Gasteiger partial charge in [0, 0.05) is 24.4 Å². The number of ether oxygens (including phenoxy) is 1. The van der Waals surface area contributed by atoms with E-state index in [0.717, 1.165) is 0 Å². The van der Waals surface area contributed by atoms with E-state index < -0.39 is 17.6 Å². The van der Waals surface area contributed by atoms with Crippen LogP contribution in [-0.4, -0.2) is 45.7 Å². The van der Waals surface area contributed by atoms with E-state index in [9.17, 15) is 14.4 Å². The Morgan fingerprint density at radius 2 is 2.09 bits per heavy atom. The Hall–Kier alpha value is -1.76. The van der Waals surface area contributed by atoms with Crippen LogP contribution in [-0.2, 0) is 9.53 Å². The van der Waals surface area contributed by atoms with E-state index in [2.05, 4.69) is 4.98 Å². The van der Waals surface area contributed by atoms with Crippen LogP contribution in [0.15, 0.2) is 10.9 Å². The minimum Gasteiger partial charge on any atom is -0.444 e. The lowest BCUT2D eigenvalue weighted by atomic mass is 9.88. The van der Waals surface area contributed by atoms with Crippen LogP contribution in [0, 0.1) is 5.92 Å². The second-order valence-corrected chi connectivity index (χ2v) is 7.16. The van der Waals surface area contributed by atoms with Crippen LogP contribution in [0.4, 0.5) is 4.79 Å². The van der Waals surface area contributed by atoms with Gasteiger partial charge in [0.2, 0.25) is 0 Å². The third-order valence-electron chi connectivity index (χ3n) is 3.43. The molecule has 1 aromatic heterocycles. The molecule has 1 aliphatic heterocycles. The van der Waals surface area contributed by atoms with Gasteiger partial charge in [0.15, 0.2) is 5.78 Å². The number of thiazole rings is 1. The minimum absolute atomic E-state index is 0.0469. The maximum atomic E-state index is 12.4. The monoisotopic (exact) mass is 324 g/mol. The molecule has 2 unspecified atom stereocenters. The van der Waals surface area contributed by atoms with Gasteiger partial charge in [-0.15, -0.1) is 11.3 Å². The van der Waals surface area contributed by atoms with E-state index in [0.29, 0.717) is 0 Å². The van der Waals surface area contributed by atoms with Crippen LogP contribution < -0.4 is 0 Å². The zero-order chi connectivity index (χ0) is 16.5. The number of hydrogen-bond acceptors (Lipinski definition) is 6. The van der Waals surface area contributed by atoms with Crippen molar-refractivity contribution in [2.75, 3.05) is 6.54 Å². The van der Waals surface area contributed by atoms with E-state index in [-0.39, 0.29) is 36.3 Å². The molecule has 0 saturated carbocycles. The van der Waals surface area contributed by atoms with Gasteiger partial charge < -0.3 is 9.64 Å². The van der Waals surface area contributed by atoms with Gasteiger partial charge in [-0.3, -0.25) is 9.59 Å². The van der Waals surface area contributed by atoms with Gasteiger partial charge in [-0.25, -0.2) is 9.78 Å². The van der Waals surface area contributed by atoms with Crippen LogP contribution in [0.2, 0.25) is 0 Å². The largest absolute Gasteiger partial charge is 0.444 e. The molecule has 120 valence electrons. The molecule has 6 nitrogen and oxygen atoms in total. The van der Waals surface area contributed by atoms with Gasteiger partial charge in [-0.2, -0.15) is 0 Å². The third kappa shape index (κ3) is 3.71. The molecule has 2 heterocycles. The van der Waals surface area contributed by atoms with Crippen molar-refractivity contribution in [3.63, 3.8) is 0 Å². The molecule has 0 spiro atoms. The van der Waals surface area contributed by atoms with Crippen LogP contribution >= 0.6 is 11.3 Å². The van der Waals surface area contributed by atoms with Gasteiger partial charge in [-0.1, -0.05) is 0 Å². The summed E-state index contributed by atoms with van der Waals surface area (Å²) < 4.78 is 5.35. The SMILES string of the molecule is CC1CC(=O)C(C(=O)c2cscn2)CN1C(=O)OC(C)(C)C. The fraction of sp³-hybridized carbons (Fsp3) is 0.600. The van der Waals surface area contributed by atoms with E-state index in [4.69, 9.17) is 4.74 Å². The van der Waals surface area contributed by atoms with Crippen molar-refractivity contribution >= 4 is 29.0 Å². The van der Waals surface area contributed by atoms with Crippen molar-refractivity contribution in [2.45, 2.75) is 45.8 Å². The number of carbonyl (C=O) groups is 3. The van der Waals surface area contributed by atoms with Crippen molar-refractivity contribution in [1.29, 1.82) is 0 Å². The minimum atomic E-state index is -0.856. The van der Waals surface area contributed by atoms with Crippen LogP contribution in [0.3, 0.4) is 0 Å². The fourth-order valence-corrected chi connectivity index (χ4v) is 2.88. The van der Waals surface area contributed by atoms with Crippen molar-refractivity contribution < 1.29 is 19.1 Å². The highest BCUT2D eigenvalue weighted by molar-refractivity contribution is 7.07. The summed E-state index contributed by atoms with van der Waals surface area (Å²) in [5.41, 5.74) is 1.21. The van der Waals surface area contributed by atoms with Gasteiger partial charge in [0.05, 0.1) is 5.51 Å². The molecule has 0 N–H and O–H groups in total. The number of piperidine rings is 1. The first kappa shape index (κ1) is 16.6. The Kier molecular flexibility index (Phi) is 4.65. The molecular weight excluding hydrogens is 304 g/mol. The zero-order valence-electron chi connectivity index (χ0n) is 13.2. The Morgan fingerprint density at radius 3 is 2.64 bits per heavy atom. The Bertz CT molecular complexity index is 577. The molecule has 0 aliphatic carbocycles. The van der Waals surface area contributed by atoms with Gasteiger partial charge in [0.1, 0.15) is 23.0 Å². The molecular formula is C15H20N2O4S. The maximum Gasteiger partial charge on any atom is 0.410 e. The first-order chi connectivity index (χ1) is 10.2. The molecule has 0 radical (unpaired) electrons. The third-order valence-corrected chi connectivity index (χ3v) is 4.01. The Morgan fingerprint density at radius 1 is 1.41 bits per heavy atom. The number of aromatic nitrogens is 1. The zero-order valence-corrected chi connectivity index (χ0v) is 14.0. The summed E-state index contributed by atoms with van der Waals surface area (Å²) in [6.45, 7) is 7.17. The highest BCUT2D eigenvalue weighted by atomic mass is 32.1. The summed E-state index contributed by atoms with van der Waals surface area (Å²) in [5.74, 6) is -1.33. The molecule has 2 rings (SSSR count). The number of carbonyl (C=O) groups excluding carboxylic acids is 3. The number of Topliss-reactive ketones (excluding diaryl/α,β-unsaturated/α-hetero) is 2. The van der Waals surface area contributed by atoms with Crippen molar-refractivity contribution in [1.82, 2.24) is 9.88 Å². The van der Waals surface area contributed by atoms with Crippen molar-refractivity contribution in [3.8, 4) is 0 Å². The Balaban J connectivity index is 2.15. The number of nitrogens with zero attached hydrogens (tertiary/aromatic N) is 2. The first-order valence-electron chi connectivity index (χ1n) is 7.14. The first-order valence-corrected chi connectivity index (χ1v) is 8.08. The summed E-state index contributed by atoms with van der Waals surface area (Å²) in [4.78, 5) is 42.2. The summed E-state index contributed by atoms with van der Waals surface area (Å²) in [6, 6.07) is -0.276. The maximum absolute atomic E-state index is 12.4. The Labute approximate surface area is 133 Å². The predicted octanol–water partition coefficient (Wildman–Crippen LogP) is 2.54. The molecule has 22 heavy (non-hydrogen) atoms. The average molecular weight is 324 g/mol.